The lowest BCUT2D eigenvalue weighted by atomic mass is 10.0. The number of rotatable bonds is 48. The van der Waals surface area contributed by atoms with E-state index in [9.17, 15) is 15.0 Å². The van der Waals surface area contributed by atoms with Crippen LogP contribution in [-0.2, 0) is 4.79 Å². The van der Waals surface area contributed by atoms with Crippen LogP contribution in [0.2, 0.25) is 0 Å². The standard InChI is InChI=1S/C54H103NO3/c1-3-5-7-9-11-13-15-17-19-21-22-23-24-25-26-27-28-29-30-31-32-33-34-35-37-39-41-43-45-47-49-53(57)52(51-56)55-54(58)50-48-46-44-42-40-38-36-20-18-16-14-12-10-8-6-4-2/h14,16,20,36,47,49,52-53,56-57H,3-13,15,17-19,21-35,37-46,48,50-51H2,1-2H3,(H,55,58)/b16-14-,36-20-,49-47+. The van der Waals surface area contributed by atoms with Gasteiger partial charge in [-0.25, -0.2) is 0 Å². The Morgan fingerprint density at radius 1 is 0.414 bits per heavy atom. The monoisotopic (exact) mass is 814 g/mol. The number of carbonyl (C=O) groups excluding carboxylic acids is 1. The molecule has 0 bridgehead atoms. The molecule has 0 fully saturated rings. The third kappa shape index (κ3) is 45.7. The lowest BCUT2D eigenvalue weighted by molar-refractivity contribution is -0.123. The highest BCUT2D eigenvalue weighted by Gasteiger charge is 2.18. The van der Waals surface area contributed by atoms with E-state index < -0.39 is 12.1 Å². The van der Waals surface area contributed by atoms with Crippen LogP contribution in [0, 0.1) is 0 Å². The first-order chi connectivity index (χ1) is 28.7. The highest BCUT2D eigenvalue weighted by Crippen LogP contribution is 2.17. The molecule has 0 aromatic carbocycles. The number of hydrogen-bond acceptors (Lipinski definition) is 3. The van der Waals surface area contributed by atoms with E-state index in [1.165, 1.54) is 218 Å². The molecule has 2 unspecified atom stereocenters. The molecule has 3 N–H and O–H groups in total. The number of allylic oxidation sites excluding steroid dienone is 5. The molecule has 1 amide bonds. The van der Waals surface area contributed by atoms with E-state index in [-0.39, 0.29) is 12.5 Å². The Labute approximate surface area is 363 Å². The molecule has 0 aliphatic heterocycles. The van der Waals surface area contributed by atoms with E-state index in [2.05, 4.69) is 43.5 Å². The predicted octanol–water partition coefficient (Wildman–Crippen LogP) is 16.9. The third-order valence-corrected chi connectivity index (χ3v) is 12.1. The summed E-state index contributed by atoms with van der Waals surface area (Å²) in [6, 6.07) is -0.630. The van der Waals surface area contributed by atoms with Crippen LogP contribution in [-0.4, -0.2) is 34.9 Å². The predicted molar refractivity (Wildman–Crippen MR) is 258 cm³/mol. The lowest BCUT2D eigenvalue weighted by Gasteiger charge is -2.20. The normalized spacial score (nSPS) is 13.1. The molecule has 0 saturated heterocycles. The SMILES string of the molecule is CCCCCC/C=C\C/C=C\CCCCCCCC(=O)NC(CO)C(O)/C=C/CCCCCCCCCCCCCCCCCCCCCCCCCCCCCC. The van der Waals surface area contributed by atoms with Crippen LogP contribution in [0.5, 0.6) is 0 Å². The molecule has 0 heterocycles. The molecule has 0 saturated carbocycles. The zero-order chi connectivity index (χ0) is 42.1. The van der Waals surface area contributed by atoms with Crippen molar-refractivity contribution < 1.29 is 15.0 Å². The van der Waals surface area contributed by atoms with Gasteiger partial charge < -0.3 is 15.5 Å². The van der Waals surface area contributed by atoms with E-state index in [1.807, 2.05) is 6.08 Å². The fourth-order valence-electron chi connectivity index (χ4n) is 8.09. The summed E-state index contributed by atoms with van der Waals surface area (Å²) in [6.07, 6.45) is 67.2. The van der Waals surface area contributed by atoms with Gasteiger partial charge >= 0.3 is 0 Å². The summed E-state index contributed by atoms with van der Waals surface area (Å²) in [5.74, 6) is -0.0754. The molecule has 4 heteroatoms. The van der Waals surface area contributed by atoms with Gasteiger partial charge in [-0.3, -0.25) is 4.79 Å². The quantitative estimate of drug-likeness (QED) is 0.0423. The molecule has 0 aromatic rings. The Kier molecular flexibility index (Phi) is 48.8. The van der Waals surface area contributed by atoms with Crippen molar-refractivity contribution in [3.8, 4) is 0 Å². The van der Waals surface area contributed by atoms with Crippen LogP contribution < -0.4 is 5.32 Å². The second-order valence-corrected chi connectivity index (χ2v) is 17.9. The van der Waals surface area contributed by atoms with Gasteiger partial charge in [0.25, 0.3) is 0 Å². The van der Waals surface area contributed by atoms with E-state index in [4.69, 9.17) is 0 Å². The number of unbranched alkanes of at least 4 members (excludes halogenated alkanes) is 37. The van der Waals surface area contributed by atoms with Gasteiger partial charge in [-0.1, -0.05) is 262 Å². The van der Waals surface area contributed by atoms with E-state index in [0.717, 1.165) is 44.9 Å². The Morgan fingerprint density at radius 3 is 1.05 bits per heavy atom. The van der Waals surface area contributed by atoms with Crippen molar-refractivity contribution in [2.24, 2.45) is 0 Å². The van der Waals surface area contributed by atoms with Crippen LogP contribution in [0.1, 0.15) is 284 Å². The summed E-state index contributed by atoms with van der Waals surface area (Å²) < 4.78 is 0. The minimum atomic E-state index is -0.845. The first-order valence-corrected chi connectivity index (χ1v) is 26.2. The summed E-state index contributed by atoms with van der Waals surface area (Å²) >= 11 is 0. The number of aliphatic hydroxyl groups is 2. The molecule has 0 aromatic heterocycles. The minimum absolute atomic E-state index is 0.0754. The molecule has 0 spiro atoms. The third-order valence-electron chi connectivity index (χ3n) is 12.1. The zero-order valence-corrected chi connectivity index (χ0v) is 39.3. The molecule has 0 radical (unpaired) electrons. The summed E-state index contributed by atoms with van der Waals surface area (Å²) in [5, 5.41) is 23.1. The number of aliphatic hydroxyl groups excluding tert-OH is 2. The van der Waals surface area contributed by atoms with Crippen molar-refractivity contribution in [2.45, 2.75) is 296 Å². The Morgan fingerprint density at radius 2 is 0.707 bits per heavy atom. The largest absolute Gasteiger partial charge is 0.394 e. The number of carbonyl (C=O) groups is 1. The van der Waals surface area contributed by atoms with Crippen molar-refractivity contribution in [3.05, 3.63) is 36.5 Å². The average Bonchev–Trinajstić information content (AvgIpc) is 3.23. The molecular weight excluding hydrogens is 711 g/mol. The van der Waals surface area contributed by atoms with Crippen molar-refractivity contribution in [2.75, 3.05) is 6.61 Å². The first-order valence-electron chi connectivity index (χ1n) is 26.2. The van der Waals surface area contributed by atoms with Crippen molar-refractivity contribution in [1.82, 2.24) is 5.32 Å². The fourth-order valence-corrected chi connectivity index (χ4v) is 8.09. The molecule has 2 atom stereocenters. The smallest absolute Gasteiger partial charge is 0.220 e. The summed E-state index contributed by atoms with van der Waals surface area (Å²) in [6.45, 7) is 4.31. The van der Waals surface area contributed by atoms with Crippen LogP contribution in [0.3, 0.4) is 0 Å². The Bertz CT molecular complexity index is 882. The average molecular weight is 814 g/mol. The van der Waals surface area contributed by atoms with Crippen LogP contribution in [0.15, 0.2) is 36.5 Å². The minimum Gasteiger partial charge on any atom is -0.394 e. The van der Waals surface area contributed by atoms with Gasteiger partial charge in [0.05, 0.1) is 18.8 Å². The highest BCUT2D eigenvalue weighted by molar-refractivity contribution is 5.76. The molecule has 4 nitrogen and oxygen atoms in total. The number of amides is 1. The summed E-state index contributed by atoms with van der Waals surface area (Å²) in [4.78, 5) is 12.4. The van der Waals surface area contributed by atoms with Gasteiger partial charge in [-0.2, -0.15) is 0 Å². The number of hydrogen-bond donors (Lipinski definition) is 3. The van der Waals surface area contributed by atoms with E-state index >= 15 is 0 Å². The first kappa shape index (κ1) is 56.6. The lowest BCUT2D eigenvalue weighted by Crippen LogP contribution is -2.45. The molecule has 342 valence electrons. The van der Waals surface area contributed by atoms with Gasteiger partial charge in [0.1, 0.15) is 0 Å². The van der Waals surface area contributed by atoms with E-state index in [1.54, 1.807) is 6.08 Å². The number of nitrogens with one attached hydrogen (secondary N) is 1. The zero-order valence-electron chi connectivity index (χ0n) is 39.3. The van der Waals surface area contributed by atoms with Gasteiger partial charge in [-0.05, 0) is 51.4 Å². The molecule has 0 aliphatic rings. The fraction of sp³-hybridized carbons (Fsp3) is 0.870. The summed E-state index contributed by atoms with van der Waals surface area (Å²) in [7, 11) is 0. The summed E-state index contributed by atoms with van der Waals surface area (Å²) in [5.41, 5.74) is 0. The topological polar surface area (TPSA) is 69.6 Å². The van der Waals surface area contributed by atoms with E-state index in [0.29, 0.717) is 6.42 Å². The van der Waals surface area contributed by atoms with Crippen molar-refractivity contribution in [1.29, 1.82) is 0 Å². The van der Waals surface area contributed by atoms with Gasteiger partial charge in [-0.15, -0.1) is 0 Å². The van der Waals surface area contributed by atoms with Crippen molar-refractivity contribution >= 4 is 5.91 Å². The maximum absolute atomic E-state index is 12.4. The molecule has 58 heavy (non-hydrogen) atoms. The Hall–Kier alpha value is -1.39. The Balaban J connectivity index is 3.48. The van der Waals surface area contributed by atoms with Crippen molar-refractivity contribution in [3.63, 3.8) is 0 Å². The van der Waals surface area contributed by atoms with Gasteiger partial charge in [0, 0.05) is 6.42 Å². The van der Waals surface area contributed by atoms with Gasteiger partial charge in [0.15, 0.2) is 0 Å². The van der Waals surface area contributed by atoms with Crippen LogP contribution >= 0.6 is 0 Å². The molecule has 0 rings (SSSR count). The molecular formula is C54H103NO3. The van der Waals surface area contributed by atoms with Gasteiger partial charge in [0.2, 0.25) is 5.91 Å². The van der Waals surface area contributed by atoms with Crippen LogP contribution in [0.4, 0.5) is 0 Å². The maximum Gasteiger partial charge on any atom is 0.220 e. The van der Waals surface area contributed by atoms with Crippen LogP contribution in [0.25, 0.3) is 0 Å². The second kappa shape index (κ2) is 50.0. The maximum atomic E-state index is 12.4. The molecule has 0 aliphatic carbocycles. The highest BCUT2D eigenvalue weighted by atomic mass is 16.3. The second-order valence-electron chi connectivity index (χ2n) is 17.9.